The lowest BCUT2D eigenvalue weighted by Gasteiger charge is -2.29. The van der Waals surface area contributed by atoms with Gasteiger partial charge in [-0.2, -0.15) is 0 Å². The maximum absolute atomic E-state index is 12.9. The van der Waals surface area contributed by atoms with Crippen LogP contribution in [0.5, 0.6) is 0 Å². The summed E-state index contributed by atoms with van der Waals surface area (Å²) in [6.07, 6.45) is 4.72. The third kappa shape index (κ3) is 4.71. The molecule has 0 aromatic rings. The fourth-order valence-corrected chi connectivity index (χ4v) is 4.06. The van der Waals surface area contributed by atoms with E-state index in [0.29, 0.717) is 24.8 Å². The molecule has 138 valence electrons. The molecule has 2 fully saturated rings. The van der Waals surface area contributed by atoms with E-state index in [1.165, 1.54) is 0 Å². The average molecular weight is 338 g/mol. The Labute approximate surface area is 146 Å². The predicted molar refractivity (Wildman–Crippen MR) is 94.7 cm³/mol. The number of carbonyl (C=O) groups is 2. The molecule has 0 aromatic carbocycles. The first-order chi connectivity index (χ1) is 11.3. The topological polar surface area (TPSA) is 60.9 Å². The summed E-state index contributed by atoms with van der Waals surface area (Å²) in [5.74, 6) is 0.365. The van der Waals surface area contributed by atoms with Crippen LogP contribution in [0.25, 0.3) is 0 Å². The molecule has 0 spiro atoms. The van der Waals surface area contributed by atoms with Crippen molar-refractivity contribution in [2.24, 2.45) is 17.8 Å². The van der Waals surface area contributed by atoms with Gasteiger partial charge in [0.1, 0.15) is 0 Å². The van der Waals surface area contributed by atoms with E-state index < -0.39 is 5.97 Å². The maximum Gasteiger partial charge on any atom is 0.308 e. The Hall–Kier alpha value is -1.10. The van der Waals surface area contributed by atoms with E-state index in [4.69, 9.17) is 0 Å². The Morgan fingerprint density at radius 1 is 1.08 bits per heavy atom. The van der Waals surface area contributed by atoms with E-state index >= 15 is 0 Å². The number of hydrogen-bond donors (Lipinski definition) is 1. The minimum absolute atomic E-state index is 0.0634. The van der Waals surface area contributed by atoms with E-state index in [0.717, 1.165) is 38.8 Å². The summed E-state index contributed by atoms with van der Waals surface area (Å²) >= 11 is 0. The van der Waals surface area contributed by atoms with Gasteiger partial charge in [-0.1, -0.05) is 27.7 Å². The van der Waals surface area contributed by atoms with Crippen LogP contribution >= 0.6 is 0 Å². The summed E-state index contributed by atoms with van der Waals surface area (Å²) in [6.45, 7) is 10.8. The predicted octanol–water partition coefficient (Wildman–Crippen LogP) is 2.84. The first-order valence-corrected chi connectivity index (χ1v) is 9.55. The number of carbonyl (C=O) groups excluding carboxylic acids is 1. The zero-order chi connectivity index (χ0) is 17.9. The molecule has 5 heteroatoms. The Balaban J connectivity index is 1.95. The zero-order valence-corrected chi connectivity index (χ0v) is 15.7. The van der Waals surface area contributed by atoms with E-state index in [1.807, 2.05) is 4.90 Å². The molecule has 3 atom stereocenters. The van der Waals surface area contributed by atoms with Crippen LogP contribution in [-0.2, 0) is 9.59 Å². The van der Waals surface area contributed by atoms with Crippen LogP contribution in [-0.4, -0.2) is 58.5 Å². The van der Waals surface area contributed by atoms with Gasteiger partial charge in [-0.25, -0.2) is 0 Å². The summed E-state index contributed by atoms with van der Waals surface area (Å²) in [4.78, 5) is 28.4. The fraction of sp³-hybridized carbons (Fsp3) is 0.895. The zero-order valence-electron chi connectivity index (χ0n) is 15.7. The van der Waals surface area contributed by atoms with Gasteiger partial charge in [0.25, 0.3) is 0 Å². The SMILES string of the molecule is CC(C)CCN(CCC(C)C)C(=O)CN1C2CCC1C(C(=O)O)C2. The second-order valence-corrected chi connectivity index (χ2v) is 8.40. The molecule has 0 saturated carbocycles. The van der Waals surface area contributed by atoms with Gasteiger partial charge in [0, 0.05) is 25.2 Å². The van der Waals surface area contributed by atoms with Crippen molar-refractivity contribution in [3.63, 3.8) is 0 Å². The van der Waals surface area contributed by atoms with Gasteiger partial charge in [-0.15, -0.1) is 0 Å². The van der Waals surface area contributed by atoms with E-state index in [9.17, 15) is 14.7 Å². The Morgan fingerprint density at radius 3 is 2.12 bits per heavy atom. The average Bonchev–Trinajstić information content (AvgIpc) is 3.03. The number of rotatable bonds is 9. The van der Waals surface area contributed by atoms with E-state index in [-0.39, 0.29) is 23.9 Å². The van der Waals surface area contributed by atoms with Crippen molar-refractivity contribution in [1.29, 1.82) is 0 Å². The summed E-state index contributed by atoms with van der Waals surface area (Å²) in [7, 11) is 0. The first-order valence-electron chi connectivity index (χ1n) is 9.55. The highest BCUT2D eigenvalue weighted by molar-refractivity contribution is 5.79. The number of aliphatic carboxylic acids is 1. The Morgan fingerprint density at radius 2 is 1.67 bits per heavy atom. The normalized spacial score (nSPS) is 26.5. The van der Waals surface area contributed by atoms with E-state index in [2.05, 4.69) is 32.6 Å². The molecular weight excluding hydrogens is 304 g/mol. The second kappa shape index (κ2) is 8.32. The number of fused-ring (bicyclic) bond motifs is 2. The lowest BCUT2D eigenvalue weighted by atomic mass is 9.89. The molecule has 0 aliphatic carbocycles. The summed E-state index contributed by atoms with van der Waals surface area (Å²) in [5, 5.41) is 9.36. The third-order valence-corrected chi connectivity index (χ3v) is 5.62. The van der Waals surface area contributed by atoms with Gasteiger partial charge >= 0.3 is 5.97 Å². The summed E-state index contributed by atoms with van der Waals surface area (Å²) in [5.41, 5.74) is 0. The van der Waals surface area contributed by atoms with Gasteiger partial charge in [0.2, 0.25) is 5.91 Å². The second-order valence-electron chi connectivity index (χ2n) is 8.40. The number of amides is 1. The third-order valence-electron chi connectivity index (χ3n) is 5.62. The van der Waals surface area contributed by atoms with Gasteiger partial charge < -0.3 is 10.0 Å². The van der Waals surface area contributed by atoms with Crippen LogP contribution in [0, 0.1) is 17.8 Å². The highest BCUT2D eigenvalue weighted by atomic mass is 16.4. The van der Waals surface area contributed by atoms with Crippen molar-refractivity contribution in [3.8, 4) is 0 Å². The van der Waals surface area contributed by atoms with Crippen LogP contribution in [0.15, 0.2) is 0 Å². The van der Waals surface area contributed by atoms with Crippen LogP contribution < -0.4 is 0 Å². The van der Waals surface area contributed by atoms with Crippen molar-refractivity contribution < 1.29 is 14.7 Å². The van der Waals surface area contributed by atoms with Crippen LogP contribution in [0.2, 0.25) is 0 Å². The molecular formula is C19H34N2O3. The van der Waals surface area contributed by atoms with Crippen molar-refractivity contribution in [2.45, 2.75) is 71.9 Å². The van der Waals surface area contributed by atoms with Crippen molar-refractivity contribution in [2.75, 3.05) is 19.6 Å². The van der Waals surface area contributed by atoms with Crippen molar-refractivity contribution in [1.82, 2.24) is 9.80 Å². The number of hydrogen-bond acceptors (Lipinski definition) is 3. The largest absolute Gasteiger partial charge is 0.481 e. The molecule has 5 nitrogen and oxygen atoms in total. The smallest absolute Gasteiger partial charge is 0.308 e. The fourth-order valence-electron chi connectivity index (χ4n) is 4.06. The minimum atomic E-state index is -0.698. The molecule has 2 heterocycles. The molecule has 1 amide bonds. The highest BCUT2D eigenvalue weighted by Gasteiger charge is 2.49. The summed E-state index contributed by atoms with van der Waals surface area (Å²) in [6, 6.07) is 0.352. The Bertz CT molecular complexity index is 438. The quantitative estimate of drug-likeness (QED) is 0.702. The molecule has 2 aliphatic rings. The van der Waals surface area contributed by atoms with E-state index in [1.54, 1.807) is 0 Å². The molecule has 3 unspecified atom stereocenters. The monoisotopic (exact) mass is 338 g/mol. The molecule has 0 aromatic heterocycles. The number of nitrogens with zero attached hydrogens (tertiary/aromatic N) is 2. The lowest BCUT2D eigenvalue weighted by molar-refractivity contribution is -0.143. The molecule has 2 bridgehead atoms. The maximum atomic E-state index is 12.9. The van der Waals surface area contributed by atoms with Crippen LogP contribution in [0.4, 0.5) is 0 Å². The van der Waals surface area contributed by atoms with Crippen molar-refractivity contribution >= 4 is 11.9 Å². The molecule has 2 aliphatic heterocycles. The molecule has 0 radical (unpaired) electrons. The van der Waals surface area contributed by atoms with Gasteiger partial charge in [0.05, 0.1) is 12.5 Å². The Kier molecular flexibility index (Phi) is 6.67. The minimum Gasteiger partial charge on any atom is -0.481 e. The molecule has 2 rings (SSSR count). The van der Waals surface area contributed by atoms with Crippen LogP contribution in [0.1, 0.15) is 59.8 Å². The van der Waals surface area contributed by atoms with Crippen molar-refractivity contribution in [3.05, 3.63) is 0 Å². The molecule has 1 N–H and O–H groups in total. The standard InChI is InChI=1S/C19H34N2O3/c1-13(2)7-9-20(10-8-14(3)4)18(22)12-21-15-5-6-17(21)16(11-15)19(23)24/h13-17H,5-12H2,1-4H3,(H,23,24). The highest BCUT2D eigenvalue weighted by Crippen LogP contribution is 2.41. The van der Waals surface area contributed by atoms with Gasteiger partial charge in [-0.05, 0) is 43.9 Å². The number of carboxylic acids is 1. The van der Waals surface area contributed by atoms with Gasteiger partial charge in [-0.3, -0.25) is 14.5 Å². The first kappa shape index (κ1) is 19.2. The van der Waals surface area contributed by atoms with Crippen LogP contribution in [0.3, 0.4) is 0 Å². The molecule has 24 heavy (non-hydrogen) atoms. The number of carboxylic acid groups (broad SMARTS) is 1. The lowest BCUT2D eigenvalue weighted by Crippen LogP contribution is -2.44. The molecule has 2 saturated heterocycles. The summed E-state index contributed by atoms with van der Waals surface area (Å²) < 4.78 is 0. The van der Waals surface area contributed by atoms with Gasteiger partial charge in [0.15, 0.2) is 0 Å².